The van der Waals surface area contributed by atoms with Gasteiger partial charge >= 0.3 is 193 Å². The van der Waals surface area contributed by atoms with Gasteiger partial charge in [-0.3, -0.25) is 0 Å². The Bertz CT molecular complexity index is 1210. The number of aromatic nitrogens is 3. The number of carbonyl (C=O) groups excluding carboxylic acids is 1. The first-order valence-corrected chi connectivity index (χ1v) is 24.0. The fraction of sp³-hybridized carbons (Fsp3) is 0.588. The number of nitrogens with one attached hydrogen (secondary N) is 1. The van der Waals surface area contributed by atoms with E-state index < -0.39 is 24.3 Å². The molecule has 7 nitrogen and oxygen atoms in total. The molecule has 43 heavy (non-hydrogen) atoms. The van der Waals surface area contributed by atoms with Crippen LogP contribution in [0.15, 0.2) is 42.7 Å². The molecule has 0 aliphatic carbocycles. The van der Waals surface area contributed by atoms with E-state index in [9.17, 15) is 9.18 Å². The molecule has 0 bridgehead atoms. The fourth-order valence-electron chi connectivity index (χ4n) is 5.41. The summed E-state index contributed by atoms with van der Waals surface area (Å²) in [7, 11) is 0. The Balaban J connectivity index is 0.00000316. The van der Waals surface area contributed by atoms with Crippen molar-refractivity contribution in [3.05, 3.63) is 54.4 Å². The number of hydrogen-bond donors (Lipinski definition) is 1. The van der Waals surface area contributed by atoms with E-state index in [0.29, 0.717) is 31.9 Å². The van der Waals surface area contributed by atoms with Crippen molar-refractivity contribution in [2.75, 3.05) is 32.8 Å². The number of halogens is 1. The SMILES string of the molecule is CC.CCC[CH2][Sn]([CH2]CCC)([CH2]CCC)[c]1ccc2nc(C(=O)NCCN(CC)CCOc3cccnc3F)cnc2c1. The zero-order valence-electron chi connectivity index (χ0n) is 27.4. The molecule has 2 heterocycles. The molecule has 0 spiro atoms. The quantitative estimate of drug-likeness (QED) is 0.104. The summed E-state index contributed by atoms with van der Waals surface area (Å²) in [5, 5.41) is 2.97. The Kier molecular flexibility index (Phi) is 17.7. The third kappa shape index (κ3) is 11.6. The number of rotatable bonds is 19. The predicted molar refractivity (Wildman–Crippen MR) is 180 cm³/mol. The van der Waals surface area contributed by atoms with Crippen LogP contribution in [-0.4, -0.2) is 76.9 Å². The van der Waals surface area contributed by atoms with Crippen LogP contribution in [0.25, 0.3) is 11.0 Å². The van der Waals surface area contributed by atoms with Gasteiger partial charge in [0.1, 0.15) is 6.61 Å². The van der Waals surface area contributed by atoms with E-state index >= 15 is 0 Å². The molecule has 0 atom stereocenters. The first-order valence-electron chi connectivity index (χ1n) is 16.5. The molecule has 3 rings (SSSR count). The van der Waals surface area contributed by atoms with Crippen LogP contribution in [0.4, 0.5) is 4.39 Å². The number of ether oxygens (including phenoxy) is 1. The van der Waals surface area contributed by atoms with E-state index in [1.807, 2.05) is 20.8 Å². The van der Waals surface area contributed by atoms with Crippen LogP contribution >= 0.6 is 0 Å². The molecule has 238 valence electrons. The van der Waals surface area contributed by atoms with Crippen LogP contribution in [0.3, 0.4) is 0 Å². The maximum absolute atomic E-state index is 13.6. The zero-order valence-corrected chi connectivity index (χ0v) is 30.3. The zero-order chi connectivity index (χ0) is 31.5. The van der Waals surface area contributed by atoms with Gasteiger partial charge in [-0.2, -0.15) is 4.39 Å². The second kappa shape index (κ2) is 20.6. The number of hydrogen-bond acceptors (Lipinski definition) is 6. The van der Waals surface area contributed by atoms with Crippen molar-refractivity contribution in [1.29, 1.82) is 0 Å². The van der Waals surface area contributed by atoms with Gasteiger partial charge in [0.15, 0.2) is 5.75 Å². The molecule has 3 aromatic rings. The average molecular weight is 703 g/mol. The van der Waals surface area contributed by atoms with Crippen LogP contribution in [0, 0.1) is 5.95 Å². The monoisotopic (exact) mass is 703 g/mol. The van der Waals surface area contributed by atoms with Gasteiger partial charge in [-0.1, -0.05) is 20.8 Å². The van der Waals surface area contributed by atoms with Crippen LogP contribution in [0.2, 0.25) is 13.3 Å². The van der Waals surface area contributed by atoms with Gasteiger partial charge in [-0.05, 0) is 12.1 Å². The number of nitrogens with zero attached hydrogens (tertiary/aromatic N) is 4. The molecule has 1 N–H and O–H groups in total. The summed E-state index contributed by atoms with van der Waals surface area (Å²) in [6.07, 6.45) is 10.7. The molecule has 9 heteroatoms. The van der Waals surface area contributed by atoms with Crippen molar-refractivity contribution >= 4 is 38.9 Å². The summed E-state index contributed by atoms with van der Waals surface area (Å²) in [6, 6.07) is 9.92. The van der Waals surface area contributed by atoms with Crippen LogP contribution in [-0.2, 0) is 0 Å². The van der Waals surface area contributed by atoms with E-state index in [1.54, 1.807) is 21.9 Å². The number of fused-ring (bicyclic) bond motifs is 1. The molecule has 0 fully saturated rings. The van der Waals surface area contributed by atoms with Gasteiger partial charge in [0.05, 0.1) is 0 Å². The summed E-state index contributed by atoms with van der Waals surface area (Å²) in [4.78, 5) is 28.0. The van der Waals surface area contributed by atoms with Crippen LogP contribution < -0.4 is 13.6 Å². The Morgan fingerprint density at radius 3 is 2.21 bits per heavy atom. The number of unbranched alkanes of at least 4 members (excludes halogenated alkanes) is 3. The summed E-state index contributed by atoms with van der Waals surface area (Å²) in [5.74, 6) is -0.686. The van der Waals surface area contributed by atoms with E-state index in [2.05, 4.69) is 59.2 Å². The van der Waals surface area contributed by atoms with Gasteiger partial charge < -0.3 is 4.74 Å². The molecule has 1 aromatic carbocycles. The fourth-order valence-corrected chi connectivity index (χ4v) is 21.4. The molecule has 0 saturated heterocycles. The van der Waals surface area contributed by atoms with Crippen molar-refractivity contribution in [3.63, 3.8) is 0 Å². The first-order chi connectivity index (χ1) is 21.0. The Morgan fingerprint density at radius 1 is 0.930 bits per heavy atom. The molecule has 2 aromatic heterocycles. The minimum atomic E-state index is -2.56. The predicted octanol–water partition coefficient (Wildman–Crippen LogP) is 7.38. The topological polar surface area (TPSA) is 80.2 Å². The second-order valence-electron chi connectivity index (χ2n) is 10.9. The van der Waals surface area contributed by atoms with Crippen molar-refractivity contribution < 1.29 is 13.9 Å². The molecule has 0 unspecified atom stereocenters. The van der Waals surface area contributed by atoms with Gasteiger partial charge in [-0.15, -0.1) is 0 Å². The molecule has 0 radical (unpaired) electrons. The van der Waals surface area contributed by atoms with E-state index in [0.717, 1.165) is 17.6 Å². The third-order valence-corrected chi connectivity index (χ3v) is 23.6. The number of pyridine rings is 1. The summed E-state index contributed by atoms with van der Waals surface area (Å²) < 4.78 is 25.0. The molecular formula is C34H54FN5O2Sn. The van der Waals surface area contributed by atoms with Gasteiger partial charge in [-0.25, -0.2) is 4.98 Å². The molecule has 0 aliphatic rings. The summed E-state index contributed by atoms with van der Waals surface area (Å²) in [5.41, 5.74) is 2.01. The Labute approximate surface area is 263 Å². The normalized spacial score (nSPS) is 11.3. The van der Waals surface area contributed by atoms with Gasteiger partial charge in [0.25, 0.3) is 5.95 Å². The summed E-state index contributed by atoms with van der Waals surface area (Å²) >= 11 is -2.56. The minimum absolute atomic E-state index is 0.149. The van der Waals surface area contributed by atoms with Crippen molar-refractivity contribution in [2.45, 2.75) is 93.4 Å². The summed E-state index contributed by atoms with van der Waals surface area (Å²) in [6.45, 7) is 15.8. The van der Waals surface area contributed by atoms with Crippen molar-refractivity contribution in [3.8, 4) is 5.75 Å². The molecular weight excluding hydrogens is 648 g/mol. The molecule has 0 saturated carbocycles. The Hall–Kier alpha value is -2.33. The van der Waals surface area contributed by atoms with Gasteiger partial charge in [0, 0.05) is 6.20 Å². The average Bonchev–Trinajstić information content (AvgIpc) is 3.05. The maximum atomic E-state index is 13.6. The number of carbonyl (C=O) groups is 1. The second-order valence-corrected chi connectivity index (χ2v) is 24.1. The first kappa shape index (κ1) is 36.9. The van der Waals surface area contributed by atoms with Crippen molar-refractivity contribution in [2.24, 2.45) is 0 Å². The van der Waals surface area contributed by atoms with E-state index in [4.69, 9.17) is 9.72 Å². The third-order valence-electron chi connectivity index (χ3n) is 7.96. The van der Waals surface area contributed by atoms with E-state index in [-0.39, 0.29) is 11.7 Å². The number of benzene rings is 1. The standard InChI is InChI=1S/C20H21FN5O2.3C4H9.C2H6.Sn/c1-2-26(12-13-28-18-8-5-9-22-19(18)21)11-10-23-20(27)17-14-24-15-6-3-4-7-16(15)25-17;3*1-3-4-2;1-2;/h4-9,14H,2,10-13H2,1H3,(H,23,27);3*1,3-4H2,2H3;1-2H3;. The number of likely N-dealkylation sites (N-methyl/N-ethyl adjacent to an activating group) is 1. The van der Waals surface area contributed by atoms with Gasteiger partial charge in [0.2, 0.25) is 0 Å². The number of amides is 1. The van der Waals surface area contributed by atoms with E-state index in [1.165, 1.54) is 58.0 Å². The van der Waals surface area contributed by atoms with Crippen molar-refractivity contribution in [1.82, 2.24) is 25.2 Å². The van der Waals surface area contributed by atoms with Crippen LogP contribution in [0.5, 0.6) is 5.75 Å². The molecule has 0 aliphatic heterocycles. The molecule has 1 amide bonds. The van der Waals surface area contributed by atoms with Crippen LogP contribution in [0.1, 0.15) is 90.6 Å². The Morgan fingerprint density at radius 2 is 1.60 bits per heavy atom.